The van der Waals surface area contributed by atoms with Crippen molar-refractivity contribution in [3.8, 4) is 0 Å². The normalized spacial score (nSPS) is 12.8. The van der Waals surface area contributed by atoms with E-state index in [9.17, 15) is 0 Å². The van der Waals surface area contributed by atoms with E-state index in [0.717, 1.165) is 12.1 Å². The van der Waals surface area contributed by atoms with Gasteiger partial charge in [0.05, 0.1) is 0 Å². The van der Waals surface area contributed by atoms with E-state index >= 15 is 0 Å². The van der Waals surface area contributed by atoms with Crippen molar-refractivity contribution in [2.45, 2.75) is 27.2 Å². The largest absolute Gasteiger partial charge is 0.323 e. The minimum absolute atomic E-state index is 0.669. The van der Waals surface area contributed by atoms with E-state index in [-0.39, 0.29) is 0 Å². The quantitative estimate of drug-likeness (QED) is 0.328. The first-order valence-corrected chi connectivity index (χ1v) is 2.90. The average molecular weight is 114 g/mol. The predicted octanol–water partition coefficient (Wildman–Crippen LogP) is 1.37. The number of nitrogens with two attached hydrogens (primary N) is 1. The number of hydrogen-bond acceptors (Lipinski definition) is 2. The van der Waals surface area contributed by atoms with Gasteiger partial charge in [-0.05, 0) is 19.3 Å². The van der Waals surface area contributed by atoms with Gasteiger partial charge < -0.3 is 5.84 Å². The van der Waals surface area contributed by atoms with E-state index in [0.29, 0.717) is 5.92 Å². The first-order valence-electron chi connectivity index (χ1n) is 2.90. The molecule has 0 amide bonds. The molecule has 2 N–H and O–H groups in total. The van der Waals surface area contributed by atoms with Crippen molar-refractivity contribution in [1.82, 2.24) is 0 Å². The maximum atomic E-state index is 5.01. The molecule has 0 atom stereocenters. The summed E-state index contributed by atoms with van der Waals surface area (Å²) in [6.45, 7) is 6.24. The molecule has 2 nitrogen and oxygen atoms in total. The van der Waals surface area contributed by atoms with Crippen molar-refractivity contribution in [1.29, 1.82) is 0 Å². The fourth-order valence-electron chi connectivity index (χ4n) is 0.644. The van der Waals surface area contributed by atoms with Gasteiger partial charge >= 0.3 is 0 Å². The molecular formula is C6H14N2. The van der Waals surface area contributed by atoms with Gasteiger partial charge in [0, 0.05) is 5.71 Å². The summed E-state index contributed by atoms with van der Waals surface area (Å²) in [7, 11) is 0. The van der Waals surface area contributed by atoms with E-state index in [1.165, 1.54) is 0 Å². The van der Waals surface area contributed by atoms with Gasteiger partial charge in [0.1, 0.15) is 0 Å². The lowest BCUT2D eigenvalue weighted by Gasteiger charge is -2.00. The smallest absolute Gasteiger partial charge is 0.0347 e. The van der Waals surface area contributed by atoms with E-state index in [2.05, 4.69) is 18.9 Å². The van der Waals surface area contributed by atoms with Crippen LogP contribution in [0, 0.1) is 5.92 Å². The van der Waals surface area contributed by atoms with Crippen LogP contribution in [0.25, 0.3) is 0 Å². The summed E-state index contributed by atoms with van der Waals surface area (Å²) in [4.78, 5) is 0. The molecule has 8 heavy (non-hydrogen) atoms. The minimum atomic E-state index is 0.669. The van der Waals surface area contributed by atoms with Crippen molar-refractivity contribution >= 4 is 5.71 Å². The van der Waals surface area contributed by atoms with Crippen LogP contribution < -0.4 is 5.84 Å². The molecule has 0 fully saturated rings. The van der Waals surface area contributed by atoms with Gasteiger partial charge in [-0.2, -0.15) is 5.10 Å². The number of hydrazone groups is 1. The first-order chi connectivity index (χ1) is 3.66. The van der Waals surface area contributed by atoms with Crippen LogP contribution in [0.3, 0.4) is 0 Å². The molecule has 0 radical (unpaired) electrons. The summed E-state index contributed by atoms with van der Waals surface area (Å²) in [5, 5.41) is 3.55. The Morgan fingerprint density at radius 1 is 1.62 bits per heavy atom. The zero-order chi connectivity index (χ0) is 6.57. The first kappa shape index (κ1) is 7.47. The Kier molecular flexibility index (Phi) is 3.24. The van der Waals surface area contributed by atoms with Gasteiger partial charge in [0.25, 0.3) is 0 Å². The van der Waals surface area contributed by atoms with Crippen molar-refractivity contribution in [2.24, 2.45) is 16.9 Å². The monoisotopic (exact) mass is 114 g/mol. The lowest BCUT2D eigenvalue weighted by Crippen LogP contribution is -2.00. The lowest BCUT2D eigenvalue weighted by molar-refractivity contribution is 0.681. The maximum absolute atomic E-state index is 5.01. The Labute approximate surface area is 50.8 Å². The zero-order valence-electron chi connectivity index (χ0n) is 5.81. The summed E-state index contributed by atoms with van der Waals surface area (Å²) in [5.74, 6) is 5.68. The summed E-state index contributed by atoms with van der Waals surface area (Å²) in [6, 6.07) is 0. The van der Waals surface area contributed by atoms with Crippen molar-refractivity contribution in [3.05, 3.63) is 0 Å². The minimum Gasteiger partial charge on any atom is -0.323 e. The molecule has 0 heterocycles. The van der Waals surface area contributed by atoms with E-state index in [4.69, 9.17) is 5.84 Å². The molecule has 0 rings (SSSR count). The molecular weight excluding hydrogens is 100 g/mol. The van der Waals surface area contributed by atoms with Crippen LogP contribution in [0.1, 0.15) is 27.2 Å². The van der Waals surface area contributed by atoms with Crippen molar-refractivity contribution in [3.63, 3.8) is 0 Å². The second-order valence-corrected chi connectivity index (χ2v) is 2.46. The van der Waals surface area contributed by atoms with Crippen molar-refractivity contribution < 1.29 is 0 Å². The average Bonchev–Trinajstić information content (AvgIpc) is 1.65. The van der Waals surface area contributed by atoms with Gasteiger partial charge in [-0.1, -0.05) is 13.8 Å². The van der Waals surface area contributed by atoms with E-state index in [1.807, 2.05) is 6.92 Å². The van der Waals surface area contributed by atoms with Crippen LogP contribution in [-0.2, 0) is 0 Å². The summed E-state index contributed by atoms with van der Waals surface area (Å²) in [6.07, 6.45) is 1.01. The van der Waals surface area contributed by atoms with E-state index in [1.54, 1.807) is 0 Å². The number of nitrogens with zero attached hydrogens (tertiary/aromatic N) is 1. The third-order valence-electron chi connectivity index (χ3n) is 0.924. The second-order valence-electron chi connectivity index (χ2n) is 2.46. The molecule has 0 spiro atoms. The SMILES string of the molecule is CC(CC(C)C)=NN. The number of hydrogen-bond donors (Lipinski definition) is 1. The summed E-state index contributed by atoms with van der Waals surface area (Å²) in [5.41, 5.74) is 1.03. The Morgan fingerprint density at radius 3 is 2.25 bits per heavy atom. The molecule has 0 aromatic heterocycles. The van der Waals surface area contributed by atoms with Gasteiger partial charge in [-0.15, -0.1) is 0 Å². The van der Waals surface area contributed by atoms with E-state index < -0.39 is 0 Å². The van der Waals surface area contributed by atoms with Gasteiger partial charge in [-0.3, -0.25) is 0 Å². The van der Waals surface area contributed by atoms with Gasteiger partial charge in [0.2, 0.25) is 0 Å². The highest BCUT2D eigenvalue weighted by molar-refractivity contribution is 5.81. The third kappa shape index (κ3) is 3.65. The van der Waals surface area contributed by atoms with Crippen LogP contribution in [0.4, 0.5) is 0 Å². The van der Waals surface area contributed by atoms with Gasteiger partial charge in [0.15, 0.2) is 0 Å². The maximum Gasteiger partial charge on any atom is 0.0347 e. The number of rotatable bonds is 2. The molecule has 2 heteroatoms. The molecule has 48 valence electrons. The molecule has 0 bridgehead atoms. The summed E-state index contributed by atoms with van der Waals surface area (Å²) < 4.78 is 0. The molecule has 0 aliphatic rings. The standard InChI is InChI=1S/C6H14N2/c1-5(2)4-6(3)8-7/h5H,4,7H2,1-3H3. The molecule has 0 aliphatic heterocycles. The molecule has 0 aliphatic carbocycles. The molecule has 0 aromatic rings. The predicted molar refractivity (Wildman–Crippen MR) is 36.8 cm³/mol. The Bertz CT molecular complexity index is 84.5. The third-order valence-corrected chi connectivity index (χ3v) is 0.924. The van der Waals surface area contributed by atoms with Crippen LogP contribution in [0.5, 0.6) is 0 Å². The fraction of sp³-hybridized carbons (Fsp3) is 0.833. The molecule has 0 unspecified atom stereocenters. The van der Waals surface area contributed by atoms with Crippen LogP contribution in [0.2, 0.25) is 0 Å². The Morgan fingerprint density at radius 2 is 2.12 bits per heavy atom. The van der Waals surface area contributed by atoms with Gasteiger partial charge in [-0.25, -0.2) is 0 Å². The lowest BCUT2D eigenvalue weighted by atomic mass is 10.1. The van der Waals surface area contributed by atoms with Crippen LogP contribution in [0.15, 0.2) is 5.10 Å². The highest BCUT2D eigenvalue weighted by Crippen LogP contribution is 1.99. The topological polar surface area (TPSA) is 38.4 Å². The Balaban J connectivity index is 3.39. The summed E-state index contributed by atoms with van der Waals surface area (Å²) >= 11 is 0. The highest BCUT2D eigenvalue weighted by atomic mass is 15.1. The van der Waals surface area contributed by atoms with Crippen LogP contribution in [-0.4, -0.2) is 5.71 Å². The molecule has 0 saturated heterocycles. The Hall–Kier alpha value is -0.530. The molecule has 0 aromatic carbocycles. The van der Waals surface area contributed by atoms with Crippen LogP contribution >= 0.6 is 0 Å². The second kappa shape index (κ2) is 3.47. The molecule has 0 saturated carbocycles. The fourth-order valence-corrected chi connectivity index (χ4v) is 0.644. The zero-order valence-corrected chi connectivity index (χ0v) is 5.81. The highest BCUT2D eigenvalue weighted by Gasteiger charge is 1.94. The van der Waals surface area contributed by atoms with Crippen molar-refractivity contribution in [2.75, 3.05) is 0 Å².